The zero-order valence-corrected chi connectivity index (χ0v) is 13.7. The van der Waals surface area contributed by atoms with Gasteiger partial charge in [-0.25, -0.2) is 4.79 Å². The van der Waals surface area contributed by atoms with E-state index in [0.29, 0.717) is 16.7 Å². The van der Waals surface area contributed by atoms with Gasteiger partial charge in [0.05, 0.1) is 12.7 Å². The van der Waals surface area contributed by atoms with Crippen molar-refractivity contribution in [2.24, 2.45) is 0 Å². The van der Waals surface area contributed by atoms with Crippen LogP contribution in [0, 0.1) is 6.92 Å². The Bertz CT molecular complexity index is 513. The number of aryl methyl sites for hydroxylation is 1. The highest BCUT2D eigenvalue weighted by Gasteiger charge is 2.23. The SMILES string of the molecule is COC(=O)c1cc(C)sc1NC(=S)N1CCCCC1C. The summed E-state index contributed by atoms with van der Waals surface area (Å²) >= 11 is 7.02. The molecule has 1 aliphatic heterocycles. The Morgan fingerprint density at radius 3 is 2.95 bits per heavy atom. The van der Waals surface area contributed by atoms with Crippen LogP contribution in [0.15, 0.2) is 6.07 Å². The zero-order chi connectivity index (χ0) is 14.7. The molecule has 0 aromatic carbocycles. The minimum Gasteiger partial charge on any atom is -0.465 e. The Morgan fingerprint density at radius 2 is 2.30 bits per heavy atom. The lowest BCUT2D eigenvalue weighted by molar-refractivity contribution is 0.0602. The van der Waals surface area contributed by atoms with Gasteiger partial charge in [-0.2, -0.15) is 0 Å². The average molecular weight is 312 g/mol. The van der Waals surface area contributed by atoms with Crippen LogP contribution in [-0.4, -0.2) is 35.7 Å². The van der Waals surface area contributed by atoms with Gasteiger partial charge in [0, 0.05) is 17.5 Å². The molecule has 0 saturated carbocycles. The van der Waals surface area contributed by atoms with Crippen LogP contribution in [0.2, 0.25) is 0 Å². The maximum absolute atomic E-state index is 11.8. The molecule has 6 heteroatoms. The molecule has 0 amide bonds. The number of ether oxygens (including phenoxy) is 1. The van der Waals surface area contributed by atoms with Gasteiger partial charge in [0.25, 0.3) is 0 Å². The van der Waals surface area contributed by atoms with Crippen molar-refractivity contribution in [2.45, 2.75) is 39.2 Å². The third kappa shape index (κ3) is 3.30. The van der Waals surface area contributed by atoms with Crippen molar-refractivity contribution in [2.75, 3.05) is 19.0 Å². The van der Waals surface area contributed by atoms with Gasteiger partial charge in [-0.15, -0.1) is 11.3 Å². The number of thiocarbonyl (C=S) groups is 1. The van der Waals surface area contributed by atoms with Gasteiger partial charge in [0.15, 0.2) is 5.11 Å². The number of methoxy groups -OCH3 is 1. The van der Waals surface area contributed by atoms with Gasteiger partial charge in [-0.3, -0.25) is 0 Å². The molecule has 1 aromatic heterocycles. The number of nitrogens with zero attached hydrogens (tertiary/aromatic N) is 1. The molecule has 1 N–H and O–H groups in total. The van der Waals surface area contributed by atoms with E-state index in [-0.39, 0.29) is 5.97 Å². The largest absolute Gasteiger partial charge is 0.465 e. The fourth-order valence-electron chi connectivity index (χ4n) is 2.44. The highest BCUT2D eigenvalue weighted by Crippen LogP contribution is 2.29. The molecular formula is C14H20N2O2S2. The Hall–Kier alpha value is -1.14. The van der Waals surface area contributed by atoms with Crippen molar-refractivity contribution in [3.05, 3.63) is 16.5 Å². The molecule has 0 bridgehead atoms. The second kappa shape index (κ2) is 6.54. The molecule has 2 heterocycles. The van der Waals surface area contributed by atoms with Crippen LogP contribution < -0.4 is 5.32 Å². The number of carbonyl (C=O) groups excluding carboxylic acids is 1. The molecule has 1 unspecified atom stereocenters. The lowest BCUT2D eigenvalue weighted by Gasteiger charge is -2.35. The summed E-state index contributed by atoms with van der Waals surface area (Å²) in [6, 6.07) is 2.28. The molecule has 0 spiro atoms. The molecule has 1 atom stereocenters. The number of esters is 1. The van der Waals surface area contributed by atoms with E-state index in [0.717, 1.165) is 22.8 Å². The van der Waals surface area contributed by atoms with E-state index < -0.39 is 0 Å². The van der Waals surface area contributed by atoms with E-state index in [2.05, 4.69) is 17.1 Å². The van der Waals surface area contributed by atoms with Gasteiger partial charge < -0.3 is 15.0 Å². The predicted molar refractivity (Wildman–Crippen MR) is 86.6 cm³/mol. The Kier molecular flexibility index (Phi) is 4.99. The Labute approximate surface area is 129 Å². The van der Waals surface area contributed by atoms with Crippen LogP contribution in [0.25, 0.3) is 0 Å². The predicted octanol–water partition coefficient (Wildman–Crippen LogP) is 3.41. The van der Waals surface area contributed by atoms with E-state index in [4.69, 9.17) is 17.0 Å². The third-order valence-corrected chi connectivity index (χ3v) is 4.85. The number of anilines is 1. The first-order valence-electron chi connectivity index (χ1n) is 6.79. The summed E-state index contributed by atoms with van der Waals surface area (Å²) in [5.41, 5.74) is 0.557. The zero-order valence-electron chi connectivity index (χ0n) is 12.1. The number of likely N-dealkylation sites (tertiary alicyclic amines) is 1. The molecule has 1 aromatic rings. The maximum atomic E-state index is 11.8. The van der Waals surface area contributed by atoms with Crippen molar-refractivity contribution in [3.63, 3.8) is 0 Å². The molecule has 1 fully saturated rings. The number of hydrogen-bond acceptors (Lipinski definition) is 4. The highest BCUT2D eigenvalue weighted by atomic mass is 32.1. The van der Waals surface area contributed by atoms with E-state index in [9.17, 15) is 4.79 Å². The summed E-state index contributed by atoms with van der Waals surface area (Å²) in [7, 11) is 1.39. The number of thiophene rings is 1. The minimum atomic E-state index is -0.327. The van der Waals surface area contributed by atoms with Gasteiger partial charge in [-0.1, -0.05) is 0 Å². The van der Waals surface area contributed by atoms with Gasteiger partial charge in [0.2, 0.25) is 0 Å². The number of carbonyl (C=O) groups is 1. The van der Waals surface area contributed by atoms with Crippen LogP contribution in [0.3, 0.4) is 0 Å². The Morgan fingerprint density at radius 1 is 1.55 bits per heavy atom. The molecule has 110 valence electrons. The molecular weight excluding hydrogens is 292 g/mol. The molecule has 1 saturated heterocycles. The lowest BCUT2D eigenvalue weighted by Crippen LogP contribution is -2.44. The number of nitrogens with one attached hydrogen (secondary N) is 1. The Balaban J connectivity index is 2.13. The lowest BCUT2D eigenvalue weighted by atomic mass is 10.0. The molecule has 4 nitrogen and oxygen atoms in total. The van der Waals surface area contributed by atoms with Gasteiger partial charge in [0.1, 0.15) is 5.00 Å². The number of piperidine rings is 1. The minimum absolute atomic E-state index is 0.327. The number of rotatable bonds is 2. The van der Waals surface area contributed by atoms with E-state index in [1.54, 1.807) is 0 Å². The van der Waals surface area contributed by atoms with E-state index in [1.807, 2.05) is 13.0 Å². The van der Waals surface area contributed by atoms with Crippen LogP contribution in [0.1, 0.15) is 41.4 Å². The summed E-state index contributed by atoms with van der Waals surface area (Å²) in [4.78, 5) is 15.0. The average Bonchev–Trinajstić information content (AvgIpc) is 2.79. The molecule has 1 aliphatic rings. The summed E-state index contributed by atoms with van der Waals surface area (Å²) in [5.74, 6) is -0.327. The van der Waals surface area contributed by atoms with E-state index in [1.165, 1.54) is 31.3 Å². The molecule has 0 radical (unpaired) electrons. The summed E-state index contributed by atoms with van der Waals surface area (Å²) in [6.07, 6.45) is 3.58. The second-order valence-corrected chi connectivity index (χ2v) is 6.70. The number of hydrogen-bond donors (Lipinski definition) is 1. The van der Waals surface area contributed by atoms with Crippen molar-refractivity contribution in [1.29, 1.82) is 0 Å². The quantitative estimate of drug-likeness (QED) is 0.669. The first-order valence-corrected chi connectivity index (χ1v) is 8.01. The highest BCUT2D eigenvalue weighted by molar-refractivity contribution is 7.80. The third-order valence-electron chi connectivity index (χ3n) is 3.54. The fourth-order valence-corrected chi connectivity index (χ4v) is 3.77. The fraction of sp³-hybridized carbons (Fsp3) is 0.571. The van der Waals surface area contributed by atoms with Crippen molar-refractivity contribution in [1.82, 2.24) is 4.90 Å². The second-order valence-electron chi connectivity index (χ2n) is 5.06. The van der Waals surface area contributed by atoms with Crippen molar-refractivity contribution < 1.29 is 9.53 Å². The van der Waals surface area contributed by atoms with Crippen LogP contribution >= 0.6 is 23.6 Å². The topological polar surface area (TPSA) is 41.6 Å². The van der Waals surface area contributed by atoms with Gasteiger partial charge in [-0.05, 0) is 51.4 Å². The summed E-state index contributed by atoms with van der Waals surface area (Å²) < 4.78 is 4.81. The van der Waals surface area contributed by atoms with Crippen molar-refractivity contribution in [3.8, 4) is 0 Å². The van der Waals surface area contributed by atoms with E-state index >= 15 is 0 Å². The van der Waals surface area contributed by atoms with Crippen LogP contribution in [-0.2, 0) is 4.74 Å². The summed E-state index contributed by atoms with van der Waals surface area (Å²) in [6.45, 7) is 5.13. The first kappa shape index (κ1) is 15.3. The van der Waals surface area contributed by atoms with Crippen LogP contribution in [0.4, 0.5) is 5.00 Å². The first-order chi connectivity index (χ1) is 9.52. The molecule has 0 aliphatic carbocycles. The molecule has 2 rings (SSSR count). The van der Waals surface area contributed by atoms with Crippen molar-refractivity contribution >= 4 is 39.6 Å². The monoisotopic (exact) mass is 312 g/mol. The summed E-state index contributed by atoms with van der Waals surface area (Å²) in [5, 5.41) is 4.70. The van der Waals surface area contributed by atoms with Gasteiger partial charge >= 0.3 is 5.97 Å². The standard InChI is InChI=1S/C14H20N2O2S2/c1-9-6-4-5-7-16(9)14(19)15-12-11(13(17)18-3)8-10(2)20-12/h8-9H,4-7H2,1-3H3,(H,15,19). The smallest absolute Gasteiger partial charge is 0.340 e. The molecule has 20 heavy (non-hydrogen) atoms. The maximum Gasteiger partial charge on any atom is 0.340 e. The normalized spacial score (nSPS) is 18.8. The van der Waals surface area contributed by atoms with Crippen LogP contribution in [0.5, 0.6) is 0 Å².